The molecular formula is C29H32FN3O4S. The van der Waals surface area contributed by atoms with E-state index in [4.69, 9.17) is 4.98 Å². The molecule has 5 atom stereocenters. The molecule has 0 unspecified atom stereocenters. The molecule has 2 aliphatic rings. The number of para-hydroxylation sites is 1. The van der Waals surface area contributed by atoms with Crippen LogP contribution in [0.15, 0.2) is 54.6 Å². The second kappa shape index (κ2) is 10.2. The van der Waals surface area contributed by atoms with Crippen LogP contribution in [0.1, 0.15) is 60.0 Å². The fourth-order valence-electron chi connectivity index (χ4n) is 6.42. The first-order valence-electron chi connectivity index (χ1n) is 12.8. The van der Waals surface area contributed by atoms with Crippen LogP contribution in [0.2, 0.25) is 0 Å². The highest BCUT2D eigenvalue weighted by atomic mass is 32.1. The van der Waals surface area contributed by atoms with Crippen LogP contribution < -0.4 is 10.6 Å². The summed E-state index contributed by atoms with van der Waals surface area (Å²) < 4.78 is 13.7. The molecular weight excluding hydrogens is 505 g/mol. The van der Waals surface area contributed by atoms with Crippen molar-refractivity contribution in [1.82, 2.24) is 4.98 Å². The minimum Gasteiger partial charge on any atom is -0.396 e. The average molecular weight is 538 g/mol. The summed E-state index contributed by atoms with van der Waals surface area (Å²) in [4.78, 5) is 31.8. The van der Waals surface area contributed by atoms with Gasteiger partial charge in [0.1, 0.15) is 5.82 Å². The van der Waals surface area contributed by atoms with Crippen molar-refractivity contribution in [3.8, 4) is 0 Å². The molecule has 7 nitrogen and oxygen atoms in total. The number of carbonyl (C=O) groups is 2. The lowest BCUT2D eigenvalue weighted by molar-refractivity contribution is -0.143. The fourth-order valence-corrected chi connectivity index (χ4v) is 7.48. The fraction of sp³-hybridized carbons (Fsp3) is 0.414. The zero-order chi connectivity index (χ0) is 27.1. The van der Waals surface area contributed by atoms with E-state index in [9.17, 15) is 24.2 Å². The second-order valence-corrected chi connectivity index (χ2v) is 12.0. The first-order chi connectivity index (χ1) is 18.1. The van der Waals surface area contributed by atoms with Gasteiger partial charge in [0, 0.05) is 33.9 Å². The van der Waals surface area contributed by atoms with E-state index in [0.717, 1.165) is 10.6 Å². The van der Waals surface area contributed by atoms with Gasteiger partial charge in [-0.15, -0.1) is 11.3 Å². The number of benzene rings is 2. The van der Waals surface area contributed by atoms with Gasteiger partial charge in [-0.05, 0) is 60.9 Å². The molecule has 1 fully saturated rings. The Bertz CT molecular complexity index is 1350. The maximum absolute atomic E-state index is 13.7. The van der Waals surface area contributed by atoms with E-state index in [1.54, 1.807) is 0 Å². The Balaban J connectivity index is 1.49. The molecule has 0 bridgehead atoms. The van der Waals surface area contributed by atoms with E-state index in [1.807, 2.05) is 37.3 Å². The summed E-state index contributed by atoms with van der Waals surface area (Å²) in [6, 6.07) is 14.7. The molecule has 0 radical (unpaired) electrons. The van der Waals surface area contributed by atoms with E-state index < -0.39 is 28.7 Å². The van der Waals surface area contributed by atoms with Crippen LogP contribution in [-0.4, -0.2) is 39.7 Å². The van der Waals surface area contributed by atoms with Crippen molar-refractivity contribution < 1.29 is 24.2 Å². The highest BCUT2D eigenvalue weighted by Gasteiger charge is 2.59. The topological polar surface area (TPSA) is 112 Å². The number of rotatable bonds is 6. The minimum atomic E-state index is -0.742. The second-order valence-electron chi connectivity index (χ2n) is 10.9. The number of anilines is 2. The number of aromatic nitrogens is 1. The van der Waals surface area contributed by atoms with Crippen LogP contribution in [-0.2, 0) is 11.2 Å². The van der Waals surface area contributed by atoms with Crippen molar-refractivity contribution in [2.45, 2.75) is 51.6 Å². The molecule has 2 amide bonds. The molecule has 5 rings (SSSR count). The van der Waals surface area contributed by atoms with E-state index >= 15 is 0 Å². The van der Waals surface area contributed by atoms with Crippen LogP contribution in [0.5, 0.6) is 0 Å². The number of carbonyl (C=O) groups excluding carboxylic acids is 2. The lowest BCUT2D eigenvalue weighted by atomic mass is 9.47. The molecule has 3 aromatic rings. The average Bonchev–Trinajstić information content (AvgIpc) is 3.30. The Labute approximate surface area is 225 Å². The standard InChI is InChI=1S/C29H32FN3O4S/c1-28-12-11-23(35)29(2,16-34)22(28)15-21-25(20(28)14-24(36)31-19-9-4-3-5-10-19)32-27(38-21)33-26(37)17-7-6-8-18(30)13-17/h3-10,13,20,22-23,34-35H,11-12,14-16H2,1-2H3,(H,31,36)(H,32,33,37)/t20-,22+,23-,28+,29+/m1/s1. The monoisotopic (exact) mass is 537 g/mol. The summed E-state index contributed by atoms with van der Waals surface area (Å²) in [5, 5.41) is 27.5. The number of hydrogen-bond acceptors (Lipinski definition) is 6. The Hall–Kier alpha value is -3.14. The summed E-state index contributed by atoms with van der Waals surface area (Å²) in [6.45, 7) is 3.87. The van der Waals surface area contributed by atoms with Crippen LogP contribution in [0, 0.1) is 22.6 Å². The largest absolute Gasteiger partial charge is 0.396 e. The third-order valence-corrected chi connectivity index (χ3v) is 9.66. The van der Waals surface area contributed by atoms with Crippen LogP contribution in [0.25, 0.3) is 0 Å². The zero-order valence-electron chi connectivity index (χ0n) is 21.4. The van der Waals surface area contributed by atoms with Gasteiger partial charge in [0.05, 0.1) is 18.4 Å². The maximum Gasteiger partial charge on any atom is 0.257 e. The van der Waals surface area contributed by atoms with Crippen molar-refractivity contribution in [2.24, 2.45) is 16.7 Å². The molecule has 4 N–H and O–H groups in total. The third kappa shape index (κ3) is 4.74. The van der Waals surface area contributed by atoms with Gasteiger partial charge in [0.2, 0.25) is 5.91 Å². The number of fused-ring (bicyclic) bond motifs is 2. The van der Waals surface area contributed by atoms with Gasteiger partial charge in [-0.1, -0.05) is 38.1 Å². The van der Waals surface area contributed by atoms with Crippen molar-refractivity contribution >= 4 is 34.0 Å². The SMILES string of the molecule is C[C@]1(CO)[C@H]2Cc3sc(NC(=O)c4cccc(F)c4)nc3[C@@H](CC(=O)Nc3ccccc3)[C@]2(C)CC[C@H]1O. The van der Waals surface area contributed by atoms with E-state index in [1.165, 1.54) is 35.6 Å². The number of amides is 2. The maximum atomic E-state index is 13.7. The minimum absolute atomic E-state index is 0.0991. The number of aliphatic hydroxyl groups excluding tert-OH is 2. The number of halogens is 1. The molecule has 38 heavy (non-hydrogen) atoms. The summed E-state index contributed by atoms with van der Waals surface area (Å²) in [5.41, 5.74) is 0.510. The van der Waals surface area contributed by atoms with Gasteiger partial charge in [0.25, 0.3) is 5.91 Å². The molecule has 2 aliphatic carbocycles. The van der Waals surface area contributed by atoms with E-state index in [0.29, 0.717) is 30.1 Å². The first-order valence-corrected chi connectivity index (χ1v) is 13.7. The third-order valence-electron chi connectivity index (χ3n) is 8.65. The number of thiazole rings is 1. The lowest BCUT2D eigenvalue weighted by Crippen LogP contribution is -2.57. The molecule has 9 heteroatoms. The molecule has 1 aromatic heterocycles. The molecule has 2 aromatic carbocycles. The Morgan fingerprint density at radius 3 is 2.61 bits per heavy atom. The number of hydrogen-bond donors (Lipinski definition) is 4. The molecule has 0 spiro atoms. The van der Waals surface area contributed by atoms with Crippen LogP contribution >= 0.6 is 11.3 Å². The predicted molar refractivity (Wildman–Crippen MR) is 145 cm³/mol. The zero-order valence-corrected chi connectivity index (χ0v) is 22.2. The quantitative estimate of drug-likeness (QED) is 0.355. The number of aliphatic hydroxyl groups is 2. The van der Waals surface area contributed by atoms with Gasteiger partial charge < -0.3 is 15.5 Å². The molecule has 0 aliphatic heterocycles. The van der Waals surface area contributed by atoms with Crippen molar-refractivity contribution in [3.05, 3.63) is 76.5 Å². The van der Waals surface area contributed by atoms with Gasteiger partial charge in [-0.2, -0.15) is 0 Å². The number of nitrogens with zero attached hydrogens (tertiary/aromatic N) is 1. The Morgan fingerprint density at radius 2 is 1.89 bits per heavy atom. The van der Waals surface area contributed by atoms with E-state index in [-0.39, 0.29) is 36.3 Å². The van der Waals surface area contributed by atoms with Gasteiger partial charge in [-0.25, -0.2) is 9.37 Å². The van der Waals surface area contributed by atoms with Crippen molar-refractivity contribution in [1.29, 1.82) is 0 Å². The Kier molecular flexibility index (Phi) is 7.11. The van der Waals surface area contributed by atoms with Crippen molar-refractivity contribution in [2.75, 3.05) is 17.2 Å². The van der Waals surface area contributed by atoms with E-state index in [2.05, 4.69) is 17.6 Å². The highest BCUT2D eigenvalue weighted by molar-refractivity contribution is 7.15. The number of nitrogens with one attached hydrogen (secondary N) is 2. The van der Waals surface area contributed by atoms with Gasteiger partial charge in [-0.3, -0.25) is 14.9 Å². The molecule has 1 heterocycles. The summed E-state index contributed by atoms with van der Waals surface area (Å²) in [7, 11) is 0. The summed E-state index contributed by atoms with van der Waals surface area (Å²) in [5.74, 6) is -1.50. The summed E-state index contributed by atoms with van der Waals surface area (Å²) >= 11 is 1.33. The normalized spacial score (nSPS) is 28.2. The predicted octanol–water partition coefficient (Wildman–Crippen LogP) is 4.98. The molecule has 0 saturated heterocycles. The van der Waals surface area contributed by atoms with Crippen molar-refractivity contribution in [3.63, 3.8) is 0 Å². The van der Waals surface area contributed by atoms with Gasteiger partial charge >= 0.3 is 0 Å². The van der Waals surface area contributed by atoms with Crippen LogP contribution in [0.3, 0.4) is 0 Å². The molecule has 1 saturated carbocycles. The van der Waals surface area contributed by atoms with Gasteiger partial charge in [0.15, 0.2) is 5.13 Å². The molecule has 200 valence electrons. The van der Waals surface area contributed by atoms with Crippen LogP contribution in [0.4, 0.5) is 15.2 Å². The Morgan fingerprint density at radius 1 is 1.13 bits per heavy atom. The first kappa shape index (κ1) is 26.5. The lowest BCUT2D eigenvalue weighted by Gasteiger charge is -2.58. The summed E-state index contributed by atoms with van der Waals surface area (Å²) in [6.07, 6.45) is 1.28. The highest BCUT2D eigenvalue weighted by Crippen LogP contribution is 2.62. The smallest absolute Gasteiger partial charge is 0.257 e.